The second kappa shape index (κ2) is 9.16. The maximum absolute atomic E-state index is 11.8. The van der Waals surface area contributed by atoms with Gasteiger partial charge >= 0.3 is 5.97 Å². The lowest BCUT2D eigenvalue weighted by molar-refractivity contribution is -0.142. The summed E-state index contributed by atoms with van der Waals surface area (Å²) in [6, 6.07) is 0. The number of carbonyl (C=O) groups is 2. The summed E-state index contributed by atoms with van der Waals surface area (Å²) in [5, 5.41) is 8.72. The molecule has 0 radical (unpaired) electrons. The van der Waals surface area contributed by atoms with Gasteiger partial charge in [-0.2, -0.15) is 0 Å². The fourth-order valence-corrected chi connectivity index (χ4v) is 2.10. The van der Waals surface area contributed by atoms with Crippen molar-refractivity contribution in [2.75, 3.05) is 19.0 Å². The van der Waals surface area contributed by atoms with Gasteiger partial charge in [-0.05, 0) is 12.8 Å². The Bertz CT molecular complexity index is 287. The molecule has 0 atom stereocenters. The molecule has 0 aliphatic rings. The van der Waals surface area contributed by atoms with Crippen LogP contribution in [0.4, 0.5) is 0 Å². The summed E-state index contributed by atoms with van der Waals surface area (Å²) in [5.41, 5.74) is -0.474. The molecular formula is C13H22O4S. The van der Waals surface area contributed by atoms with Crippen LogP contribution in [0, 0.1) is 5.41 Å². The van der Waals surface area contributed by atoms with Gasteiger partial charge in [-0.25, -0.2) is 0 Å². The Balaban J connectivity index is 3.91. The van der Waals surface area contributed by atoms with Crippen molar-refractivity contribution in [1.82, 2.24) is 0 Å². The number of aliphatic hydroxyl groups is 1. The van der Waals surface area contributed by atoms with Crippen LogP contribution in [0.25, 0.3) is 0 Å². The minimum absolute atomic E-state index is 0.000363. The summed E-state index contributed by atoms with van der Waals surface area (Å²) in [6.07, 6.45) is 3.09. The molecule has 0 aliphatic heterocycles. The van der Waals surface area contributed by atoms with Gasteiger partial charge in [-0.15, -0.1) is 0 Å². The number of carbonyl (C=O) groups excluding carboxylic acids is 2. The number of hydrogen-bond acceptors (Lipinski definition) is 5. The first-order chi connectivity index (χ1) is 8.44. The van der Waals surface area contributed by atoms with Crippen LogP contribution in [-0.2, 0) is 14.3 Å². The van der Waals surface area contributed by atoms with Crippen LogP contribution in [0.1, 0.15) is 33.1 Å². The van der Waals surface area contributed by atoms with Crippen LogP contribution in [0.2, 0.25) is 0 Å². The van der Waals surface area contributed by atoms with Crippen LogP contribution in [-0.4, -0.2) is 35.2 Å². The molecule has 104 valence electrons. The van der Waals surface area contributed by atoms with E-state index in [0.29, 0.717) is 25.0 Å². The van der Waals surface area contributed by atoms with Crippen molar-refractivity contribution in [1.29, 1.82) is 0 Å². The number of esters is 1. The first-order valence-electron chi connectivity index (χ1n) is 5.98. The minimum atomic E-state index is -0.474. The quantitative estimate of drug-likeness (QED) is 0.515. The van der Waals surface area contributed by atoms with Crippen LogP contribution < -0.4 is 0 Å². The van der Waals surface area contributed by atoms with Gasteiger partial charge in [-0.3, -0.25) is 9.59 Å². The van der Waals surface area contributed by atoms with Gasteiger partial charge < -0.3 is 9.84 Å². The van der Waals surface area contributed by atoms with E-state index < -0.39 is 5.41 Å². The Kier molecular flexibility index (Phi) is 8.75. The van der Waals surface area contributed by atoms with Crippen LogP contribution >= 0.6 is 11.8 Å². The molecule has 0 aliphatic carbocycles. The van der Waals surface area contributed by atoms with E-state index >= 15 is 0 Å². The molecule has 0 saturated heterocycles. The van der Waals surface area contributed by atoms with Gasteiger partial charge in [0.05, 0.1) is 6.61 Å². The molecular weight excluding hydrogens is 252 g/mol. The summed E-state index contributed by atoms with van der Waals surface area (Å²) in [5.74, 6) is 0.157. The topological polar surface area (TPSA) is 63.6 Å². The zero-order chi connectivity index (χ0) is 14.0. The Morgan fingerprint density at radius 2 is 2.11 bits per heavy atom. The van der Waals surface area contributed by atoms with Crippen molar-refractivity contribution in [2.45, 2.75) is 33.1 Å². The third-order valence-electron chi connectivity index (χ3n) is 2.42. The highest BCUT2D eigenvalue weighted by molar-refractivity contribution is 8.13. The number of ether oxygens (including phenoxy) is 1. The highest BCUT2D eigenvalue weighted by atomic mass is 32.2. The van der Waals surface area contributed by atoms with Gasteiger partial charge in [-0.1, -0.05) is 38.3 Å². The first-order valence-corrected chi connectivity index (χ1v) is 6.97. The fraction of sp³-hybridized carbons (Fsp3) is 0.692. The van der Waals surface area contributed by atoms with E-state index in [-0.39, 0.29) is 24.3 Å². The number of thioether (sulfide) groups is 1. The molecule has 0 heterocycles. The normalized spacial score (nSPS) is 11.1. The van der Waals surface area contributed by atoms with Gasteiger partial charge in [0, 0.05) is 17.6 Å². The van der Waals surface area contributed by atoms with Crippen LogP contribution in [0.5, 0.6) is 0 Å². The van der Waals surface area contributed by atoms with E-state index in [2.05, 4.69) is 6.58 Å². The van der Waals surface area contributed by atoms with Crippen molar-refractivity contribution >= 4 is 22.8 Å². The summed E-state index contributed by atoms with van der Waals surface area (Å²) in [4.78, 5) is 23.0. The summed E-state index contributed by atoms with van der Waals surface area (Å²) in [7, 11) is 0. The average molecular weight is 274 g/mol. The van der Waals surface area contributed by atoms with E-state index in [9.17, 15) is 9.59 Å². The van der Waals surface area contributed by atoms with Crippen molar-refractivity contribution in [3.63, 3.8) is 0 Å². The van der Waals surface area contributed by atoms with Crippen molar-refractivity contribution in [3.05, 3.63) is 12.7 Å². The zero-order valence-electron chi connectivity index (χ0n) is 11.1. The Morgan fingerprint density at radius 1 is 1.44 bits per heavy atom. The molecule has 1 N–H and O–H groups in total. The van der Waals surface area contributed by atoms with Crippen molar-refractivity contribution in [3.8, 4) is 0 Å². The monoisotopic (exact) mass is 274 g/mol. The van der Waals surface area contributed by atoms with Crippen LogP contribution in [0.15, 0.2) is 12.7 Å². The third kappa shape index (κ3) is 7.50. The van der Waals surface area contributed by atoms with E-state index in [1.807, 2.05) is 13.8 Å². The maximum atomic E-state index is 11.8. The molecule has 0 rings (SSSR count). The van der Waals surface area contributed by atoms with E-state index in [1.165, 1.54) is 6.08 Å². The lowest BCUT2D eigenvalue weighted by atomic mass is 9.89. The summed E-state index contributed by atoms with van der Waals surface area (Å²) < 4.78 is 4.85. The fourth-order valence-electron chi connectivity index (χ4n) is 1.33. The molecule has 0 fully saturated rings. The minimum Gasteiger partial charge on any atom is -0.461 e. The Labute approximate surface area is 113 Å². The van der Waals surface area contributed by atoms with Gasteiger partial charge in [0.25, 0.3) is 0 Å². The molecule has 0 amide bonds. The predicted molar refractivity (Wildman–Crippen MR) is 73.3 cm³/mol. The zero-order valence-corrected chi connectivity index (χ0v) is 11.9. The van der Waals surface area contributed by atoms with Crippen molar-refractivity contribution in [2.24, 2.45) is 5.41 Å². The SMILES string of the molecule is C=CCOC(=O)CCCC(C)(C)C(=O)SCCO. The maximum Gasteiger partial charge on any atom is 0.306 e. The second-order valence-electron chi connectivity index (χ2n) is 4.57. The number of aliphatic hydroxyl groups excluding tert-OH is 1. The molecule has 18 heavy (non-hydrogen) atoms. The lowest BCUT2D eigenvalue weighted by Gasteiger charge is -2.21. The highest BCUT2D eigenvalue weighted by Gasteiger charge is 2.27. The second-order valence-corrected chi connectivity index (χ2v) is 5.64. The Morgan fingerprint density at radius 3 is 2.67 bits per heavy atom. The molecule has 0 aromatic rings. The molecule has 0 spiro atoms. The average Bonchev–Trinajstić information content (AvgIpc) is 2.33. The van der Waals surface area contributed by atoms with Crippen LogP contribution in [0.3, 0.4) is 0 Å². The molecule has 5 heteroatoms. The molecule has 0 saturated carbocycles. The predicted octanol–water partition coefficient (Wildman–Crippen LogP) is 2.16. The summed E-state index contributed by atoms with van der Waals surface area (Å²) >= 11 is 1.14. The number of hydrogen-bond donors (Lipinski definition) is 1. The van der Waals surface area contributed by atoms with E-state index in [1.54, 1.807) is 0 Å². The van der Waals surface area contributed by atoms with Gasteiger partial charge in [0.15, 0.2) is 5.12 Å². The molecule has 0 bridgehead atoms. The van der Waals surface area contributed by atoms with Crippen molar-refractivity contribution < 1.29 is 19.4 Å². The lowest BCUT2D eigenvalue weighted by Crippen LogP contribution is -2.22. The largest absolute Gasteiger partial charge is 0.461 e. The van der Waals surface area contributed by atoms with Gasteiger partial charge in [0.1, 0.15) is 6.61 Å². The van der Waals surface area contributed by atoms with E-state index in [4.69, 9.17) is 9.84 Å². The number of rotatable bonds is 9. The smallest absolute Gasteiger partial charge is 0.306 e. The molecule has 0 unspecified atom stereocenters. The molecule has 0 aromatic heterocycles. The van der Waals surface area contributed by atoms with Gasteiger partial charge in [0.2, 0.25) is 0 Å². The third-order valence-corrected chi connectivity index (χ3v) is 3.62. The summed E-state index contributed by atoms with van der Waals surface area (Å²) in [6.45, 7) is 7.40. The molecule has 4 nitrogen and oxygen atoms in total. The van der Waals surface area contributed by atoms with E-state index in [0.717, 1.165) is 11.8 Å². The first kappa shape index (κ1) is 17.2. The Hall–Kier alpha value is -0.810. The standard InChI is InChI=1S/C13H22O4S/c1-4-9-17-11(15)6-5-7-13(2,3)12(16)18-10-8-14/h4,14H,1,5-10H2,2-3H3. The highest BCUT2D eigenvalue weighted by Crippen LogP contribution is 2.29. The molecule has 0 aromatic carbocycles.